The molecule has 4 aromatic carbocycles. The van der Waals surface area contributed by atoms with Gasteiger partial charge in [0.2, 0.25) is 15.9 Å². The second-order valence-electron chi connectivity index (χ2n) is 12.7. The molecule has 4 aromatic rings. The number of nitrogens with zero attached hydrogens (tertiary/aromatic N) is 2. The summed E-state index contributed by atoms with van der Waals surface area (Å²) in [5.74, 6) is 5.02. The standard InChI is InChI=1S/C40H40N4O6S/c1-3-19-41-39(47)29-14-16-32-33-17-15-30(40(48)42-20-22-45)24-35(33)36(34(32)23-29)26-43(51(2,49)50)21-18-38(46)44-25-31-10-5-4-8-27(31)12-13-28-9-6-7-11-37(28)44/h4-11,14-17,23-24,36,45H,3,18-22,25-26H2,1-2H3,(H,41,47)(H,42,48). The lowest BCUT2D eigenvalue weighted by atomic mass is 9.94. The van der Waals surface area contributed by atoms with Crippen LogP contribution in [0.4, 0.5) is 5.69 Å². The van der Waals surface area contributed by atoms with E-state index in [2.05, 4.69) is 22.5 Å². The predicted octanol–water partition coefficient (Wildman–Crippen LogP) is 4.26. The molecular formula is C40H40N4O6S. The number of amides is 3. The summed E-state index contributed by atoms with van der Waals surface area (Å²) in [6, 6.07) is 25.7. The van der Waals surface area contributed by atoms with Crippen molar-refractivity contribution in [3.05, 3.63) is 124 Å². The lowest BCUT2D eigenvalue weighted by Crippen LogP contribution is -2.39. The van der Waals surface area contributed by atoms with Crippen molar-refractivity contribution >= 4 is 33.4 Å². The van der Waals surface area contributed by atoms with Crippen LogP contribution in [-0.2, 0) is 21.4 Å². The van der Waals surface area contributed by atoms with Crippen LogP contribution in [0.25, 0.3) is 11.1 Å². The van der Waals surface area contributed by atoms with E-state index in [9.17, 15) is 27.9 Å². The molecule has 0 bridgehead atoms. The van der Waals surface area contributed by atoms with E-state index < -0.39 is 15.9 Å². The summed E-state index contributed by atoms with van der Waals surface area (Å²) in [6.45, 7) is 2.55. The lowest BCUT2D eigenvalue weighted by molar-refractivity contribution is -0.118. The average molecular weight is 705 g/mol. The molecule has 0 spiro atoms. The Hall–Kier alpha value is -5.28. The Morgan fingerprint density at radius 3 is 2.06 bits per heavy atom. The Morgan fingerprint density at radius 1 is 0.843 bits per heavy atom. The molecule has 1 aliphatic carbocycles. The third kappa shape index (κ3) is 7.73. The topological polar surface area (TPSA) is 136 Å². The van der Waals surface area contributed by atoms with E-state index in [1.807, 2.05) is 67.6 Å². The highest BCUT2D eigenvalue weighted by atomic mass is 32.2. The number of sulfonamides is 1. The fraction of sp³-hybridized carbons (Fsp3) is 0.275. The number of benzene rings is 4. The Morgan fingerprint density at radius 2 is 1.43 bits per heavy atom. The highest BCUT2D eigenvalue weighted by Gasteiger charge is 2.34. The molecule has 1 unspecified atom stereocenters. The van der Waals surface area contributed by atoms with Gasteiger partial charge in [-0.3, -0.25) is 14.4 Å². The summed E-state index contributed by atoms with van der Waals surface area (Å²) < 4.78 is 28.1. The maximum absolute atomic E-state index is 14.1. The third-order valence-corrected chi connectivity index (χ3v) is 10.5. The van der Waals surface area contributed by atoms with Crippen LogP contribution in [-0.4, -0.2) is 74.6 Å². The molecule has 51 heavy (non-hydrogen) atoms. The number of anilines is 1. The number of carbonyl (C=O) groups excluding carboxylic acids is 3. The van der Waals surface area contributed by atoms with Crippen molar-refractivity contribution in [2.75, 3.05) is 43.9 Å². The van der Waals surface area contributed by atoms with Gasteiger partial charge in [0.15, 0.2) is 0 Å². The predicted molar refractivity (Wildman–Crippen MR) is 197 cm³/mol. The summed E-state index contributed by atoms with van der Waals surface area (Å²) in [7, 11) is -3.83. The molecule has 0 fully saturated rings. The van der Waals surface area contributed by atoms with E-state index in [0.717, 1.165) is 46.1 Å². The van der Waals surface area contributed by atoms with Gasteiger partial charge >= 0.3 is 0 Å². The summed E-state index contributed by atoms with van der Waals surface area (Å²) in [5.41, 5.74) is 7.06. The molecule has 1 aliphatic heterocycles. The maximum Gasteiger partial charge on any atom is 0.251 e. The number of rotatable bonds is 12. The molecule has 1 heterocycles. The molecule has 2 aliphatic rings. The molecule has 0 saturated carbocycles. The monoisotopic (exact) mass is 704 g/mol. The number of carbonyl (C=O) groups is 3. The van der Waals surface area contributed by atoms with Gasteiger partial charge in [-0.05, 0) is 76.7 Å². The number of nitrogens with one attached hydrogen (secondary N) is 2. The van der Waals surface area contributed by atoms with Gasteiger partial charge in [0.25, 0.3) is 11.8 Å². The van der Waals surface area contributed by atoms with Crippen molar-refractivity contribution in [2.45, 2.75) is 32.2 Å². The Bertz CT molecular complexity index is 2100. The van der Waals surface area contributed by atoms with Gasteiger partial charge in [-0.2, -0.15) is 0 Å². The van der Waals surface area contributed by atoms with E-state index >= 15 is 0 Å². The van der Waals surface area contributed by atoms with Crippen LogP contribution in [0.3, 0.4) is 0 Å². The zero-order valence-electron chi connectivity index (χ0n) is 28.6. The highest BCUT2D eigenvalue weighted by molar-refractivity contribution is 7.88. The van der Waals surface area contributed by atoms with Crippen molar-refractivity contribution < 1.29 is 27.9 Å². The number of aliphatic hydroxyl groups excluding tert-OH is 1. The molecule has 3 N–H and O–H groups in total. The lowest BCUT2D eigenvalue weighted by Gasteiger charge is -2.28. The van der Waals surface area contributed by atoms with E-state index in [-0.39, 0.29) is 56.9 Å². The molecule has 0 saturated heterocycles. The van der Waals surface area contributed by atoms with Crippen LogP contribution in [0, 0.1) is 11.8 Å². The first-order valence-electron chi connectivity index (χ1n) is 17.0. The summed E-state index contributed by atoms with van der Waals surface area (Å²) in [4.78, 5) is 41.7. The average Bonchev–Trinajstić information content (AvgIpc) is 3.43. The second kappa shape index (κ2) is 15.3. The molecule has 1 atom stereocenters. The van der Waals surface area contributed by atoms with Gasteiger partial charge in [0.1, 0.15) is 0 Å². The fourth-order valence-electron chi connectivity index (χ4n) is 6.61. The largest absolute Gasteiger partial charge is 0.395 e. The number of hydrogen-bond acceptors (Lipinski definition) is 6. The first kappa shape index (κ1) is 35.5. The van der Waals surface area contributed by atoms with E-state index in [1.54, 1.807) is 29.2 Å². The maximum atomic E-state index is 14.1. The smallest absolute Gasteiger partial charge is 0.251 e. The minimum absolute atomic E-state index is 0.0151. The molecule has 0 aromatic heterocycles. The normalized spacial score (nSPS) is 14.2. The quantitative estimate of drug-likeness (QED) is 0.189. The fourth-order valence-corrected chi connectivity index (χ4v) is 7.45. The zero-order chi connectivity index (χ0) is 36.1. The van der Waals surface area contributed by atoms with Crippen molar-refractivity contribution in [2.24, 2.45) is 0 Å². The van der Waals surface area contributed by atoms with E-state index in [0.29, 0.717) is 28.9 Å². The van der Waals surface area contributed by atoms with Gasteiger partial charge in [-0.15, -0.1) is 0 Å². The molecule has 11 heteroatoms. The van der Waals surface area contributed by atoms with Crippen LogP contribution < -0.4 is 15.5 Å². The molecule has 3 amide bonds. The minimum atomic E-state index is -3.83. The molecule has 10 nitrogen and oxygen atoms in total. The van der Waals surface area contributed by atoms with Crippen LogP contribution in [0.5, 0.6) is 0 Å². The van der Waals surface area contributed by atoms with Crippen molar-refractivity contribution in [3.8, 4) is 23.0 Å². The third-order valence-electron chi connectivity index (χ3n) is 9.21. The van der Waals surface area contributed by atoms with E-state index in [1.165, 1.54) is 4.31 Å². The number of para-hydroxylation sites is 1. The minimum Gasteiger partial charge on any atom is -0.395 e. The molecule has 6 rings (SSSR count). The molecule has 0 radical (unpaired) electrons. The summed E-state index contributed by atoms with van der Waals surface area (Å²) >= 11 is 0. The highest BCUT2D eigenvalue weighted by Crippen LogP contribution is 2.46. The van der Waals surface area contributed by atoms with Crippen LogP contribution >= 0.6 is 0 Å². The first-order chi connectivity index (χ1) is 24.6. The van der Waals surface area contributed by atoms with Gasteiger partial charge in [-0.1, -0.05) is 61.2 Å². The van der Waals surface area contributed by atoms with Gasteiger partial charge in [0, 0.05) is 60.8 Å². The van der Waals surface area contributed by atoms with Crippen LogP contribution in [0.1, 0.15) is 74.2 Å². The van der Waals surface area contributed by atoms with Gasteiger partial charge < -0.3 is 20.6 Å². The second-order valence-corrected chi connectivity index (χ2v) is 14.6. The number of aliphatic hydroxyl groups is 1. The van der Waals surface area contributed by atoms with Crippen molar-refractivity contribution in [1.29, 1.82) is 0 Å². The molecular weight excluding hydrogens is 665 g/mol. The first-order valence-corrected chi connectivity index (χ1v) is 18.8. The van der Waals surface area contributed by atoms with Crippen LogP contribution in [0.15, 0.2) is 84.9 Å². The Labute approximate surface area is 298 Å². The zero-order valence-corrected chi connectivity index (χ0v) is 29.4. The van der Waals surface area contributed by atoms with E-state index in [4.69, 9.17) is 0 Å². The van der Waals surface area contributed by atoms with Crippen LogP contribution in [0.2, 0.25) is 0 Å². The van der Waals surface area contributed by atoms with Crippen molar-refractivity contribution in [1.82, 2.24) is 14.9 Å². The number of hydrogen-bond donors (Lipinski definition) is 3. The summed E-state index contributed by atoms with van der Waals surface area (Å²) in [6.07, 6.45) is 1.81. The summed E-state index contributed by atoms with van der Waals surface area (Å²) in [5, 5.41) is 14.8. The van der Waals surface area contributed by atoms with Gasteiger partial charge in [-0.25, -0.2) is 12.7 Å². The molecule has 262 valence electrons. The number of fused-ring (bicyclic) bond motifs is 5. The van der Waals surface area contributed by atoms with Crippen molar-refractivity contribution in [3.63, 3.8) is 0 Å². The van der Waals surface area contributed by atoms with Gasteiger partial charge in [0.05, 0.1) is 25.1 Å². The Kier molecular flexibility index (Phi) is 10.7. The SMILES string of the molecule is CCCNC(=O)c1ccc2c(c1)C(CN(CCC(=O)N1Cc3ccccc3C#Cc3ccccc31)S(C)(=O)=O)c1cc(C(=O)NCCO)ccc1-2. The Balaban J connectivity index is 1.32.